The molecule has 0 aliphatic rings. The Morgan fingerprint density at radius 2 is 1.53 bits per heavy atom. The summed E-state index contributed by atoms with van der Waals surface area (Å²) in [5.74, 6) is -3.45. The standard InChI is InChI=1S/C14H28O5/c1-3-5-6-7-8-9-10-11-13(15)19-12(4-2)14(16,17)18/h12,16-18H,3-11H2,1-2H3. The Bertz CT molecular complexity index is 234. The molecule has 0 bridgehead atoms. The molecule has 0 aromatic heterocycles. The van der Waals surface area contributed by atoms with Crippen LogP contribution in [-0.2, 0) is 9.53 Å². The lowest BCUT2D eigenvalue weighted by Gasteiger charge is -2.24. The van der Waals surface area contributed by atoms with Gasteiger partial charge in [-0.2, -0.15) is 0 Å². The van der Waals surface area contributed by atoms with E-state index < -0.39 is 18.0 Å². The van der Waals surface area contributed by atoms with E-state index in [-0.39, 0.29) is 12.8 Å². The van der Waals surface area contributed by atoms with Crippen molar-refractivity contribution in [1.82, 2.24) is 0 Å². The van der Waals surface area contributed by atoms with E-state index in [2.05, 4.69) is 6.92 Å². The van der Waals surface area contributed by atoms with Crippen molar-refractivity contribution in [2.24, 2.45) is 0 Å². The first-order valence-electron chi connectivity index (χ1n) is 7.28. The van der Waals surface area contributed by atoms with Gasteiger partial charge in [-0.15, -0.1) is 0 Å². The normalized spacial score (nSPS) is 13.3. The first-order valence-corrected chi connectivity index (χ1v) is 7.28. The van der Waals surface area contributed by atoms with E-state index in [4.69, 9.17) is 20.1 Å². The molecule has 0 aliphatic heterocycles. The van der Waals surface area contributed by atoms with E-state index >= 15 is 0 Å². The highest BCUT2D eigenvalue weighted by Gasteiger charge is 2.33. The van der Waals surface area contributed by atoms with Crippen molar-refractivity contribution in [3.05, 3.63) is 0 Å². The summed E-state index contributed by atoms with van der Waals surface area (Å²) in [6, 6.07) is 0. The van der Waals surface area contributed by atoms with Gasteiger partial charge in [0.1, 0.15) is 0 Å². The highest BCUT2D eigenvalue weighted by atomic mass is 16.7. The third-order valence-corrected chi connectivity index (χ3v) is 3.06. The highest BCUT2D eigenvalue weighted by molar-refractivity contribution is 5.69. The van der Waals surface area contributed by atoms with Crippen LogP contribution in [0.4, 0.5) is 0 Å². The third kappa shape index (κ3) is 9.87. The SMILES string of the molecule is CCCCCCCCCC(=O)OC(CC)C(O)(O)O. The van der Waals surface area contributed by atoms with Crippen LogP contribution in [0, 0.1) is 0 Å². The molecule has 5 heteroatoms. The van der Waals surface area contributed by atoms with Gasteiger partial charge in [-0.3, -0.25) is 4.79 Å². The monoisotopic (exact) mass is 276 g/mol. The summed E-state index contributed by atoms with van der Waals surface area (Å²) >= 11 is 0. The minimum Gasteiger partial charge on any atom is -0.454 e. The van der Waals surface area contributed by atoms with Crippen LogP contribution in [0.5, 0.6) is 0 Å². The zero-order valence-corrected chi connectivity index (χ0v) is 12.1. The van der Waals surface area contributed by atoms with Gasteiger partial charge in [0.15, 0.2) is 6.10 Å². The van der Waals surface area contributed by atoms with E-state index in [1.54, 1.807) is 6.92 Å². The van der Waals surface area contributed by atoms with Gasteiger partial charge in [0.25, 0.3) is 0 Å². The zero-order chi connectivity index (χ0) is 14.7. The van der Waals surface area contributed by atoms with Crippen LogP contribution in [0.15, 0.2) is 0 Å². The van der Waals surface area contributed by atoms with E-state index in [0.717, 1.165) is 19.3 Å². The second-order valence-electron chi connectivity index (χ2n) is 4.95. The van der Waals surface area contributed by atoms with E-state index in [1.165, 1.54) is 25.7 Å². The van der Waals surface area contributed by atoms with Gasteiger partial charge in [-0.05, 0) is 12.8 Å². The molecule has 5 nitrogen and oxygen atoms in total. The molecule has 0 aromatic carbocycles. The van der Waals surface area contributed by atoms with Crippen molar-refractivity contribution in [1.29, 1.82) is 0 Å². The molecule has 0 radical (unpaired) electrons. The summed E-state index contributed by atoms with van der Waals surface area (Å²) in [5, 5.41) is 26.9. The summed E-state index contributed by atoms with van der Waals surface area (Å²) in [6.07, 6.45) is 6.82. The molecule has 114 valence electrons. The van der Waals surface area contributed by atoms with Gasteiger partial charge >= 0.3 is 11.9 Å². The van der Waals surface area contributed by atoms with Crippen molar-refractivity contribution in [2.45, 2.75) is 83.7 Å². The summed E-state index contributed by atoms with van der Waals surface area (Å²) in [7, 11) is 0. The Morgan fingerprint density at radius 1 is 1.00 bits per heavy atom. The van der Waals surface area contributed by atoms with Crippen LogP contribution in [-0.4, -0.2) is 33.4 Å². The van der Waals surface area contributed by atoms with Gasteiger partial charge in [0.2, 0.25) is 0 Å². The van der Waals surface area contributed by atoms with E-state index in [9.17, 15) is 4.79 Å². The average Bonchev–Trinajstić information content (AvgIpc) is 2.33. The molecular weight excluding hydrogens is 248 g/mol. The van der Waals surface area contributed by atoms with E-state index in [1.807, 2.05) is 0 Å². The van der Waals surface area contributed by atoms with Gasteiger partial charge in [-0.25, -0.2) is 0 Å². The maximum atomic E-state index is 11.4. The first-order chi connectivity index (χ1) is 8.91. The number of hydrogen-bond donors (Lipinski definition) is 3. The molecule has 0 rings (SSSR count). The lowest BCUT2D eigenvalue weighted by molar-refractivity contribution is -0.356. The van der Waals surface area contributed by atoms with Gasteiger partial charge in [0, 0.05) is 6.42 Å². The molecule has 0 spiro atoms. The van der Waals surface area contributed by atoms with Crippen LogP contribution >= 0.6 is 0 Å². The second-order valence-corrected chi connectivity index (χ2v) is 4.95. The van der Waals surface area contributed by atoms with Crippen LogP contribution in [0.3, 0.4) is 0 Å². The molecule has 0 aromatic rings. The topological polar surface area (TPSA) is 87.0 Å². The third-order valence-electron chi connectivity index (χ3n) is 3.06. The minimum absolute atomic E-state index is 0.145. The van der Waals surface area contributed by atoms with Crippen LogP contribution < -0.4 is 0 Å². The Hall–Kier alpha value is -0.650. The van der Waals surface area contributed by atoms with Crippen LogP contribution in [0.2, 0.25) is 0 Å². The number of rotatable bonds is 11. The largest absolute Gasteiger partial charge is 0.454 e. The van der Waals surface area contributed by atoms with Crippen molar-refractivity contribution in [3.8, 4) is 0 Å². The molecule has 0 heterocycles. The fourth-order valence-corrected chi connectivity index (χ4v) is 1.88. The lowest BCUT2D eigenvalue weighted by atomic mass is 10.1. The summed E-state index contributed by atoms with van der Waals surface area (Å²) in [6.45, 7) is 3.77. The van der Waals surface area contributed by atoms with Gasteiger partial charge < -0.3 is 20.1 Å². The van der Waals surface area contributed by atoms with Crippen molar-refractivity contribution in [2.75, 3.05) is 0 Å². The number of carbonyl (C=O) groups is 1. The zero-order valence-electron chi connectivity index (χ0n) is 12.1. The fourth-order valence-electron chi connectivity index (χ4n) is 1.88. The number of esters is 1. The Kier molecular flexibility index (Phi) is 9.83. The molecule has 0 saturated carbocycles. The molecule has 0 aliphatic carbocycles. The molecule has 0 amide bonds. The Morgan fingerprint density at radius 3 is 2.00 bits per heavy atom. The molecule has 1 atom stereocenters. The summed E-state index contributed by atoms with van der Waals surface area (Å²) in [5.41, 5.74) is 0. The number of unbranched alkanes of at least 4 members (excludes halogenated alkanes) is 6. The van der Waals surface area contributed by atoms with Gasteiger partial charge in [-0.1, -0.05) is 52.4 Å². The average molecular weight is 276 g/mol. The Balaban J connectivity index is 3.64. The van der Waals surface area contributed by atoms with E-state index in [0.29, 0.717) is 0 Å². The van der Waals surface area contributed by atoms with Crippen molar-refractivity contribution >= 4 is 5.97 Å². The van der Waals surface area contributed by atoms with Crippen molar-refractivity contribution < 1.29 is 24.9 Å². The van der Waals surface area contributed by atoms with Gasteiger partial charge in [0.05, 0.1) is 0 Å². The predicted octanol–water partition coefficient (Wildman–Crippen LogP) is 2.08. The van der Waals surface area contributed by atoms with Crippen LogP contribution in [0.1, 0.15) is 71.6 Å². The van der Waals surface area contributed by atoms with Crippen LogP contribution in [0.25, 0.3) is 0 Å². The number of hydrogen-bond acceptors (Lipinski definition) is 5. The molecule has 3 N–H and O–H groups in total. The molecule has 1 unspecified atom stereocenters. The lowest BCUT2D eigenvalue weighted by Crippen LogP contribution is -2.44. The number of ether oxygens (including phenoxy) is 1. The smallest absolute Gasteiger partial charge is 0.314 e. The predicted molar refractivity (Wildman–Crippen MR) is 72.2 cm³/mol. The first kappa shape index (κ1) is 18.4. The second kappa shape index (κ2) is 10.2. The molecule has 19 heavy (non-hydrogen) atoms. The Labute approximate surface area is 115 Å². The van der Waals surface area contributed by atoms with Crippen molar-refractivity contribution in [3.63, 3.8) is 0 Å². The maximum Gasteiger partial charge on any atom is 0.314 e. The number of carbonyl (C=O) groups excluding carboxylic acids is 1. The minimum atomic E-state index is -2.95. The summed E-state index contributed by atoms with van der Waals surface area (Å²) in [4.78, 5) is 11.4. The maximum absolute atomic E-state index is 11.4. The summed E-state index contributed by atoms with van der Waals surface area (Å²) < 4.78 is 4.82. The highest BCUT2D eigenvalue weighted by Crippen LogP contribution is 2.14. The number of aliphatic hydroxyl groups is 3. The molecular formula is C14H28O5. The molecule has 0 fully saturated rings. The fraction of sp³-hybridized carbons (Fsp3) is 0.929. The molecule has 0 saturated heterocycles. The quantitative estimate of drug-likeness (QED) is 0.305.